The first-order chi connectivity index (χ1) is 12.0. The molecule has 161 valence electrons. The van der Waals surface area contributed by atoms with Gasteiger partial charge in [0.05, 0.1) is 0 Å². The summed E-state index contributed by atoms with van der Waals surface area (Å²) in [5, 5.41) is 0. The summed E-state index contributed by atoms with van der Waals surface area (Å²) in [6.07, 6.45) is 0. The second-order valence-electron chi connectivity index (χ2n) is 0. The van der Waals surface area contributed by atoms with Crippen LogP contribution in [0.2, 0.25) is 0 Å². The van der Waals surface area contributed by atoms with Gasteiger partial charge in [-0.1, -0.05) is 0 Å². The van der Waals surface area contributed by atoms with E-state index in [9.17, 15) is 0 Å². The molecule has 0 unspecified atom stereocenters. The fourth-order valence-electron chi connectivity index (χ4n) is 0. The summed E-state index contributed by atoms with van der Waals surface area (Å²) in [5.74, 6) is 0. The third-order valence-electron chi connectivity index (χ3n) is 0. The Morgan fingerprint density at radius 2 is 0.192 bits per heavy atom. The zero-order valence-corrected chi connectivity index (χ0v) is 15.8. The van der Waals surface area contributed by atoms with Crippen molar-refractivity contribution in [2.45, 2.75) is 0 Å². The fraction of sp³-hybridized carbons (Fsp3) is 0. The maximum absolute atomic E-state index is 8.00. The van der Waals surface area contributed by atoms with Crippen LogP contribution in [0, 0.1) is 7.43 Å². The van der Waals surface area contributed by atoms with E-state index in [1.807, 2.05) is 81.5 Å². The molecule has 0 aromatic heterocycles. The van der Waals surface area contributed by atoms with Crippen LogP contribution < -0.4 is 0 Å². The summed E-state index contributed by atoms with van der Waals surface area (Å²) in [4.78, 5) is 96.0. The predicted octanol–water partition coefficient (Wildman–Crippen LogP) is -1.77. The Hall–Kier alpha value is -3.45. The largest absolute Gasteiger partial charge is 0.358 e. The molecule has 0 heterocycles. The molecule has 13 heteroatoms. The van der Waals surface area contributed by atoms with Crippen molar-refractivity contribution >= 4 is 81.5 Å². The fourth-order valence-corrected chi connectivity index (χ4v) is 0. The van der Waals surface area contributed by atoms with Crippen LogP contribution in [-0.2, 0) is 74.3 Å². The van der Waals surface area contributed by atoms with Crippen molar-refractivity contribution in [2.75, 3.05) is 0 Å². The Labute approximate surface area is 163 Å². The third kappa shape index (κ3) is 658. The molecule has 0 aliphatic rings. The van der Waals surface area contributed by atoms with E-state index in [4.69, 9.17) is 57.5 Å². The predicted molar refractivity (Wildman–Crippen MR) is 91.9 cm³/mol. The van der Waals surface area contributed by atoms with Crippen LogP contribution in [0.25, 0.3) is 0 Å². The molecule has 0 saturated carbocycles. The Balaban J connectivity index is -0.00000000500. The standard InChI is InChI=1S/12CH2O.CH3.Co/c12*1-2;;/h12*1H2;1H3;/q;;;;;;;;;;;;-1;. The first-order valence-corrected chi connectivity index (χ1v) is 3.46. The second kappa shape index (κ2) is 763. The summed E-state index contributed by atoms with van der Waals surface area (Å²) in [6, 6.07) is 0. The van der Waals surface area contributed by atoms with Gasteiger partial charge in [-0.2, -0.15) is 0 Å². The summed E-state index contributed by atoms with van der Waals surface area (Å²) < 4.78 is 0. The van der Waals surface area contributed by atoms with Gasteiger partial charge in [0.15, 0.2) is 0 Å². The van der Waals surface area contributed by atoms with E-state index in [-0.39, 0.29) is 24.2 Å². The van der Waals surface area contributed by atoms with Crippen LogP contribution in [0.3, 0.4) is 0 Å². The zero-order chi connectivity index (χ0) is 24.0. The van der Waals surface area contributed by atoms with Crippen LogP contribution in [0.5, 0.6) is 0 Å². The summed E-state index contributed by atoms with van der Waals surface area (Å²) in [6.45, 7) is 24.0. The van der Waals surface area contributed by atoms with Gasteiger partial charge in [0.1, 0.15) is 81.5 Å². The van der Waals surface area contributed by atoms with Crippen LogP contribution in [0.4, 0.5) is 0 Å². The molecule has 0 fully saturated rings. The molecule has 0 rings (SSSR count). The van der Waals surface area contributed by atoms with E-state index < -0.39 is 0 Å². The molecule has 0 spiro atoms. The Morgan fingerprint density at radius 3 is 0.192 bits per heavy atom. The number of rotatable bonds is 0. The van der Waals surface area contributed by atoms with E-state index in [2.05, 4.69) is 0 Å². The average Bonchev–Trinajstić information content (AvgIpc) is 2.84. The van der Waals surface area contributed by atoms with Crippen LogP contribution >= 0.6 is 0 Å². The zero-order valence-electron chi connectivity index (χ0n) is 14.7. The smallest absolute Gasteiger partial charge is 0.106 e. The molecule has 0 N–H and O–H groups in total. The number of carbonyl (C=O) groups is 12. The van der Waals surface area contributed by atoms with Crippen LogP contribution in [0.15, 0.2) is 0 Å². The van der Waals surface area contributed by atoms with Gasteiger partial charge in [0.2, 0.25) is 0 Å². The minimum absolute atomic E-state index is 0. The number of hydrogen-bond donors (Lipinski definition) is 0. The summed E-state index contributed by atoms with van der Waals surface area (Å²) >= 11 is 0. The molecule has 0 aromatic rings. The molecule has 0 atom stereocenters. The van der Waals surface area contributed by atoms with E-state index in [0.717, 1.165) is 0 Å². The van der Waals surface area contributed by atoms with E-state index in [1.165, 1.54) is 0 Å². The van der Waals surface area contributed by atoms with Crippen molar-refractivity contribution in [1.82, 2.24) is 0 Å². The van der Waals surface area contributed by atoms with Gasteiger partial charge in [-0.25, -0.2) is 0 Å². The summed E-state index contributed by atoms with van der Waals surface area (Å²) in [7, 11) is 0. The molecule has 0 aliphatic heterocycles. The first-order valence-electron chi connectivity index (χ1n) is 3.46. The van der Waals surface area contributed by atoms with Gasteiger partial charge in [-0.15, -0.1) is 0 Å². The van der Waals surface area contributed by atoms with Gasteiger partial charge < -0.3 is 65.0 Å². The summed E-state index contributed by atoms with van der Waals surface area (Å²) in [5.41, 5.74) is 0. The molecular weight excluding hydrogens is 407 g/mol. The quantitative estimate of drug-likeness (QED) is 0.388. The van der Waals surface area contributed by atoms with Crippen LogP contribution in [0.1, 0.15) is 0 Å². The molecular formula is C13H27CoO12-. The average molecular weight is 434 g/mol. The third-order valence-corrected chi connectivity index (χ3v) is 0. The van der Waals surface area contributed by atoms with Crippen LogP contribution in [-0.4, -0.2) is 81.5 Å². The van der Waals surface area contributed by atoms with Crippen molar-refractivity contribution in [1.29, 1.82) is 0 Å². The van der Waals surface area contributed by atoms with Gasteiger partial charge in [0, 0.05) is 16.8 Å². The van der Waals surface area contributed by atoms with Gasteiger partial charge in [-0.05, 0) is 0 Å². The van der Waals surface area contributed by atoms with Gasteiger partial charge >= 0.3 is 0 Å². The topological polar surface area (TPSA) is 205 Å². The Morgan fingerprint density at radius 1 is 0.192 bits per heavy atom. The molecule has 0 amide bonds. The maximum atomic E-state index is 8.00. The molecule has 0 aromatic carbocycles. The van der Waals surface area contributed by atoms with Gasteiger partial charge in [-0.3, -0.25) is 0 Å². The molecule has 0 saturated heterocycles. The Bertz CT molecular complexity index is 74.1. The van der Waals surface area contributed by atoms with Crippen molar-refractivity contribution in [3.63, 3.8) is 0 Å². The minimum atomic E-state index is 0. The van der Waals surface area contributed by atoms with Gasteiger partial charge in [0.25, 0.3) is 0 Å². The van der Waals surface area contributed by atoms with Crippen molar-refractivity contribution in [3.05, 3.63) is 7.43 Å². The number of hydrogen-bond acceptors (Lipinski definition) is 12. The normalized spacial score (nSPS) is 1.85. The first kappa shape index (κ1) is 143. The van der Waals surface area contributed by atoms with Crippen molar-refractivity contribution < 1.29 is 74.3 Å². The van der Waals surface area contributed by atoms with Crippen molar-refractivity contribution in [2.24, 2.45) is 0 Å². The second-order valence-corrected chi connectivity index (χ2v) is 0. The molecule has 0 aliphatic carbocycles. The van der Waals surface area contributed by atoms with Crippen molar-refractivity contribution in [3.8, 4) is 0 Å². The molecule has 26 heavy (non-hydrogen) atoms. The van der Waals surface area contributed by atoms with E-state index in [0.29, 0.717) is 0 Å². The number of carbonyl (C=O) groups excluding carboxylic acids is 12. The molecule has 12 nitrogen and oxygen atoms in total. The molecule has 1 radical (unpaired) electrons. The van der Waals surface area contributed by atoms with E-state index >= 15 is 0 Å². The van der Waals surface area contributed by atoms with E-state index in [1.54, 1.807) is 0 Å². The Kier molecular flexibility index (Phi) is 4200. The monoisotopic (exact) mass is 434 g/mol. The minimum Gasteiger partial charge on any atom is -0.358 e. The SMILES string of the molecule is C=O.C=O.C=O.C=O.C=O.C=O.C=O.C=O.C=O.C=O.C=O.C=O.[CH3-].[Co]. The molecule has 0 bridgehead atoms. The maximum Gasteiger partial charge on any atom is 0.106 e.